The van der Waals surface area contributed by atoms with E-state index in [1.165, 1.54) is 0 Å². The van der Waals surface area contributed by atoms with Gasteiger partial charge in [0, 0.05) is 6.20 Å². The van der Waals surface area contributed by atoms with E-state index in [9.17, 15) is 17.6 Å². The smallest absolute Gasteiger partial charge is 0.241 e. The van der Waals surface area contributed by atoms with Crippen molar-refractivity contribution in [2.24, 2.45) is 0 Å². The summed E-state index contributed by atoms with van der Waals surface area (Å²) in [6, 6.07) is 0.722. The molecule has 11 heavy (non-hydrogen) atoms. The Hall–Kier alpha value is -1.07. The van der Waals surface area contributed by atoms with Gasteiger partial charge in [-0.05, 0) is 6.07 Å². The van der Waals surface area contributed by atoms with Gasteiger partial charge in [0.05, 0.1) is 0 Å². The Morgan fingerprint density at radius 2 is 2.09 bits per heavy atom. The summed E-state index contributed by atoms with van der Waals surface area (Å²) < 4.78 is 47.5. The average Bonchev–Trinajstić information content (AvgIpc) is 2.32. The van der Waals surface area contributed by atoms with Crippen LogP contribution in [0.1, 0.15) is 5.69 Å². The molecular formula is C5H4F4N2. The molecule has 0 atom stereocenters. The SMILES string of the molecule is FCn1ccc(C(F)(F)F)n1. The first-order valence-corrected chi connectivity index (χ1v) is 2.70. The van der Waals surface area contributed by atoms with Crippen molar-refractivity contribution < 1.29 is 17.6 Å². The van der Waals surface area contributed by atoms with Gasteiger partial charge in [-0.1, -0.05) is 0 Å². The summed E-state index contributed by atoms with van der Waals surface area (Å²) in [6.07, 6.45) is -3.55. The third kappa shape index (κ3) is 1.69. The third-order valence-electron chi connectivity index (χ3n) is 1.05. The van der Waals surface area contributed by atoms with E-state index in [1.807, 2.05) is 0 Å². The fraction of sp³-hybridized carbons (Fsp3) is 0.400. The van der Waals surface area contributed by atoms with Gasteiger partial charge in [-0.25, -0.2) is 9.07 Å². The van der Waals surface area contributed by atoms with E-state index < -0.39 is 18.7 Å². The molecule has 0 aromatic carbocycles. The Bertz CT molecular complexity index is 239. The molecule has 0 aliphatic heterocycles. The minimum Gasteiger partial charge on any atom is -0.241 e. The van der Waals surface area contributed by atoms with Crippen molar-refractivity contribution in [3.05, 3.63) is 18.0 Å². The zero-order chi connectivity index (χ0) is 8.48. The van der Waals surface area contributed by atoms with Crippen LogP contribution in [0.15, 0.2) is 12.3 Å². The van der Waals surface area contributed by atoms with E-state index in [1.54, 1.807) is 0 Å². The second kappa shape index (κ2) is 2.52. The first kappa shape index (κ1) is 8.03. The minimum atomic E-state index is -4.49. The molecule has 1 rings (SSSR count). The van der Waals surface area contributed by atoms with Crippen molar-refractivity contribution in [2.45, 2.75) is 13.0 Å². The van der Waals surface area contributed by atoms with Crippen LogP contribution in [0.4, 0.5) is 17.6 Å². The molecule has 6 heteroatoms. The van der Waals surface area contributed by atoms with E-state index in [0.29, 0.717) is 4.68 Å². The Morgan fingerprint density at radius 3 is 2.36 bits per heavy atom. The largest absolute Gasteiger partial charge is 0.435 e. The first-order valence-electron chi connectivity index (χ1n) is 2.70. The summed E-state index contributed by atoms with van der Waals surface area (Å²) in [6.45, 7) is -1.05. The Balaban J connectivity index is 2.89. The molecule has 0 unspecified atom stereocenters. The van der Waals surface area contributed by atoms with Crippen LogP contribution in [0, 0.1) is 0 Å². The second-order valence-corrected chi connectivity index (χ2v) is 1.86. The van der Waals surface area contributed by atoms with Gasteiger partial charge in [0.2, 0.25) is 0 Å². The quantitative estimate of drug-likeness (QED) is 0.585. The molecule has 0 spiro atoms. The summed E-state index contributed by atoms with van der Waals surface area (Å²) in [7, 11) is 0. The average molecular weight is 168 g/mol. The van der Waals surface area contributed by atoms with Crippen molar-refractivity contribution in [2.75, 3.05) is 0 Å². The monoisotopic (exact) mass is 168 g/mol. The number of hydrogen-bond donors (Lipinski definition) is 0. The van der Waals surface area contributed by atoms with Gasteiger partial charge in [0.15, 0.2) is 12.5 Å². The van der Waals surface area contributed by atoms with Gasteiger partial charge < -0.3 is 0 Å². The molecule has 0 bridgehead atoms. The normalized spacial score (nSPS) is 12.0. The van der Waals surface area contributed by atoms with Gasteiger partial charge in [-0.15, -0.1) is 0 Å². The lowest BCUT2D eigenvalue weighted by Crippen LogP contribution is -2.07. The number of alkyl halides is 4. The van der Waals surface area contributed by atoms with Crippen molar-refractivity contribution in [3.8, 4) is 0 Å². The van der Waals surface area contributed by atoms with Crippen LogP contribution in [-0.2, 0) is 13.0 Å². The molecule has 0 N–H and O–H groups in total. The topological polar surface area (TPSA) is 17.8 Å². The molecule has 0 aliphatic carbocycles. The van der Waals surface area contributed by atoms with Crippen molar-refractivity contribution in [3.63, 3.8) is 0 Å². The maximum atomic E-state index is 11.7. The maximum absolute atomic E-state index is 11.7. The van der Waals surface area contributed by atoms with Gasteiger partial charge in [-0.3, -0.25) is 0 Å². The van der Waals surface area contributed by atoms with Crippen molar-refractivity contribution >= 4 is 0 Å². The lowest BCUT2D eigenvalue weighted by Gasteiger charge is -1.99. The van der Waals surface area contributed by atoms with E-state index in [-0.39, 0.29) is 0 Å². The lowest BCUT2D eigenvalue weighted by molar-refractivity contribution is -0.141. The van der Waals surface area contributed by atoms with E-state index >= 15 is 0 Å². The summed E-state index contributed by atoms with van der Waals surface area (Å²) in [5.41, 5.74) is -1.07. The molecule has 0 amide bonds. The zero-order valence-electron chi connectivity index (χ0n) is 5.27. The molecule has 2 nitrogen and oxygen atoms in total. The molecule has 1 aromatic heterocycles. The third-order valence-corrected chi connectivity index (χ3v) is 1.05. The Kier molecular flexibility index (Phi) is 1.84. The highest BCUT2D eigenvalue weighted by molar-refractivity contribution is 5.02. The molecule has 0 saturated carbocycles. The Labute approximate surface area is 59.4 Å². The highest BCUT2D eigenvalue weighted by Gasteiger charge is 2.33. The molecule has 0 saturated heterocycles. The van der Waals surface area contributed by atoms with Gasteiger partial charge in [0.1, 0.15) is 0 Å². The van der Waals surface area contributed by atoms with E-state index in [0.717, 1.165) is 12.3 Å². The highest BCUT2D eigenvalue weighted by atomic mass is 19.4. The van der Waals surface area contributed by atoms with Crippen molar-refractivity contribution in [1.29, 1.82) is 0 Å². The van der Waals surface area contributed by atoms with Crippen LogP contribution >= 0.6 is 0 Å². The maximum Gasteiger partial charge on any atom is 0.435 e. The summed E-state index contributed by atoms with van der Waals surface area (Å²) in [5, 5.41) is 2.92. The molecule has 0 fully saturated rings. The summed E-state index contributed by atoms with van der Waals surface area (Å²) >= 11 is 0. The van der Waals surface area contributed by atoms with Gasteiger partial charge in [-0.2, -0.15) is 18.3 Å². The van der Waals surface area contributed by atoms with Crippen LogP contribution in [0.5, 0.6) is 0 Å². The number of hydrogen-bond acceptors (Lipinski definition) is 1. The van der Waals surface area contributed by atoms with Crippen LogP contribution in [0.3, 0.4) is 0 Å². The zero-order valence-corrected chi connectivity index (χ0v) is 5.27. The van der Waals surface area contributed by atoms with E-state index in [4.69, 9.17) is 0 Å². The number of halogens is 4. The number of nitrogens with zero attached hydrogens (tertiary/aromatic N) is 2. The standard InChI is InChI=1S/C5H4F4N2/c6-3-11-2-1-4(10-11)5(7,8)9/h1-2H,3H2. The van der Waals surface area contributed by atoms with E-state index in [2.05, 4.69) is 5.10 Å². The van der Waals surface area contributed by atoms with Crippen LogP contribution in [0.2, 0.25) is 0 Å². The number of aromatic nitrogens is 2. The predicted molar refractivity (Wildman–Crippen MR) is 28.3 cm³/mol. The van der Waals surface area contributed by atoms with Gasteiger partial charge in [0.25, 0.3) is 0 Å². The minimum absolute atomic E-state index is 0.572. The number of rotatable bonds is 1. The molecule has 1 aromatic rings. The predicted octanol–water partition coefficient (Wildman–Crippen LogP) is 1.83. The van der Waals surface area contributed by atoms with Crippen LogP contribution < -0.4 is 0 Å². The van der Waals surface area contributed by atoms with Crippen LogP contribution in [-0.4, -0.2) is 9.78 Å². The summed E-state index contributed by atoms with van der Waals surface area (Å²) in [5.74, 6) is 0. The lowest BCUT2D eigenvalue weighted by atomic mass is 10.4. The summed E-state index contributed by atoms with van der Waals surface area (Å²) in [4.78, 5) is 0. The fourth-order valence-electron chi connectivity index (χ4n) is 0.579. The fourth-order valence-corrected chi connectivity index (χ4v) is 0.579. The van der Waals surface area contributed by atoms with Crippen molar-refractivity contribution in [1.82, 2.24) is 9.78 Å². The van der Waals surface area contributed by atoms with Gasteiger partial charge >= 0.3 is 6.18 Å². The Morgan fingerprint density at radius 1 is 1.45 bits per heavy atom. The molecule has 0 radical (unpaired) electrons. The molecule has 62 valence electrons. The molecular weight excluding hydrogens is 164 g/mol. The second-order valence-electron chi connectivity index (χ2n) is 1.86. The van der Waals surface area contributed by atoms with Crippen LogP contribution in [0.25, 0.3) is 0 Å². The highest BCUT2D eigenvalue weighted by Crippen LogP contribution is 2.27. The molecule has 1 heterocycles. The molecule has 0 aliphatic rings. The first-order chi connectivity index (χ1) is 5.04.